The molecule has 0 saturated carbocycles. The number of nitrogens with one attached hydrogen (secondary N) is 1. The Labute approximate surface area is 80.6 Å². The average molecular weight is 213 g/mol. The quantitative estimate of drug-likeness (QED) is 0.679. The van der Waals surface area contributed by atoms with Crippen LogP contribution in [0.25, 0.3) is 0 Å². The maximum Gasteiger partial charge on any atom is 0.471 e. The third kappa shape index (κ3) is 6.71. The number of ether oxygens (including phenoxy) is 1. The van der Waals surface area contributed by atoms with Gasteiger partial charge in [0.2, 0.25) is 0 Å². The van der Waals surface area contributed by atoms with E-state index in [2.05, 4.69) is 0 Å². The molecule has 0 fully saturated rings. The number of hydrogen-bond acceptors (Lipinski definition) is 2. The van der Waals surface area contributed by atoms with Crippen LogP contribution in [0.5, 0.6) is 0 Å². The van der Waals surface area contributed by atoms with Crippen LogP contribution in [-0.2, 0) is 9.53 Å². The zero-order chi connectivity index (χ0) is 11.0. The fraction of sp³-hybridized carbons (Fsp3) is 0.875. The first-order chi connectivity index (χ1) is 6.48. The van der Waals surface area contributed by atoms with Gasteiger partial charge >= 0.3 is 12.1 Å². The highest BCUT2D eigenvalue weighted by molar-refractivity contribution is 5.81. The lowest BCUT2D eigenvalue weighted by molar-refractivity contribution is -0.173. The first-order valence-electron chi connectivity index (χ1n) is 4.41. The molecule has 0 aliphatic heterocycles. The molecule has 1 amide bonds. The smallest absolute Gasteiger partial charge is 0.381 e. The summed E-state index contributed by atoms with van der Waals surface area (Å²) in [7, 11) is 0. The molecule has 0 aromatic carbocycles. The van der Waals surface area contributed by atoms with Gasteiger partial charge in [0.1, 0.15) is 0 Å². The van der Waals surface area contributed by atoms with Crippen LogP contribution in [0, 0.1) is 0 Å². The number of halogens is 3. The van der Waals surface area contributed by atoms with Crippen molar-refractivity contribution in [2.45, 2.75) is 25.9 Å². The minimum atomic E-state index is -4.79. The molecule has 0 aromatic heterocycles. The van der Waals surface area contributed by atoms with Crippen LogP contribution in [0.1, 0.15) is 19.8 Å². The van der Waals surface area contributed by atoms with Gasteiger partial charge < -0.3 is 10.1 Å². The summed E-state index contributed by atoms with van der Waals surface area (Å²) in [6.07, 6.45) is -3.53. The highest BCUT2D eigenvalue weighted by Gasteiger charge is 2.38. The lowest BCUT2D eigenvalue weighted by atomic mass is 10.4. The summed E-state index contributed by atoms with van der Waals surface area (Å²) in [5.41, 5.74) is 0. The topological polar surface area (TPSA) is 38.3 Å². The predicted octanol–water partition coefficient (Wildman–Crippen LogP) is 1.48. The fourth-order valence-electron chi connectivity index (χ4n) is 0.723. The molecule has 0 rings (SSSR count). The number of carbonyl (C=O) groups excluding carboxylic acids is 1. The van der Waals surface area contributed by atoms with Crippen LogP contribution in [-0.4, -0.2) is 31.8 Å². The van der Waals surface area contributed by atoms with Gasteiger partial charge in [0, 0.05) is 19.8 Å². The Kier molecular flexibility index (Phi) is 6.27. The first-order valence-corrected chi connectivity index (χ1v) is 4.41. The standard InChI is InChI=1S/C8H14F3NO2/c1-2-5-14-6-3-4-12-7(13)8(9,10)11/h2-6H2,1H3,(H,12,13). The van der Waals surface area contributed by atoms with Crippen molar-refractivity contribution in [1.29, 1.82) is 0 Å². The van der Waals surface area contributed by atoms with E-state index >= 15 is 0 Å². The molecule has 0 radical (unpaired) electrons. The average Bonchev–Trinajstić information content (AvgIpc) is 2.09. The molecule has 6 heteroatoms. The van der Waals surface area contributed by atoms with Crippen molar-refractivity contribution in [3.8, 4) is 0 Å². The van der Waals surface area contributed by atoms with Crippen LogP contribution in [0.15, 0.2) is 0 Å². The Bertz CT molecular complexity index is 170. The molecule has 3 nitrogen and oxygen atoms in total. The number of rotatable bonds is 6. The van der Waals surface area contributed by atoms with Gasteiger partial charge in [-0.05, 0) is 12.8 Å². The minimum Gasteiger partial charge on any atom is -0.381 e. The Morgan fingerprint density at radius 2 is 2.00 bits per heavy atom. The van der Waals surface area contributed by atoms with Crippen molar-refractivity contribution in [2.24, 2.45) is 0 Å². The molecule has 14 heavy (non-hydrogen) atoms. The van der Waals surface area contributed by atoms with Crippen molar-refractivity contribution < 1.29 is 22.7 Å². The molecule has 1 N–H and O–H groups in total. The summed E-state index contributed by atoms with van der Waals surface area (Å²) in [6.45, 7) is 2.88. The lowest BCUT2D eigenvalue weighted by Crippen LogP contribution is -2.37. The zero-order valence-corrected chi connectivity index (χ0v) is 7.99. The number of carbonyl (C=O) groups is 1. The third-order valence-electron chi connectivity index (χ3n) is 1.36. The molecular weight excluding hydrogens is 199 g/mol. The highest BCUT2D eigenvalue weighted by atomic mass is 19.4. The van der Waals surface area contributed by atoms with Gasteiger partial charge in [-0.25, -0.2) is 0 Å². The molecule has 0 aliphatic rings. The summed E-state index contributed by atoms with van der Waals surface area (Å²) < 4.78 is 39.9. The van der Waals surface area contributed by atoms with E-state index in [1.165, 1.54) is 0 Å². The highest BCUT2D eigenvalue weighted by Crippen LogP contribution is 2.13. The maximum absolute atomic E-state index is 11.6. The van der Waals surface area contributed by atoms with Crippen LogP contribution in [0.2, 0.25) is 0 Å². The second-order valence-corrected chi connectivity index (χ2v) is 2.72. The molecule has 0 bridgehead atoms. The molecule has 0 aliphatic carbocycles. The van der Waals surface area contributed by atoms with Crippen molar-refractivity contribution in [3.05, 3.63) is 0 Å². The van der Waals surface area contributed by atoms with E-state index in [-0.39, 0.29) is 6.54 Å². The summed E-state index contributed by atoms with van der Waals surface area (Å²) in [4.78, 5) is 10.3. The molecular formula is C8H14F3NO2. The third-order valence-corrected chi connectivity index (χ3v) is 1.36. The second kappa shape index (κ2) is 6.64. The van der Waals surface area contributed by atoms with Crippen molar-refractivity contribution in [2.75, 3.05) is 19.8 Å². The van der Waals surface area contributed by atoms with Crippen molar-refractivity contribution >= 4 is 5.91 Å². The normalized spacial score (nSPS) is 11.4. The van der Waals surface area contributed by atoms with Crippen molar-refractivity contribution in [3.63, 3.8) is 0 Å². The summed E-state index contributed by atoms with van der Waals surface area (Å²) in [6, 6.07) is 0. The molecule has 0 atom stereocenters. The van der Waals surface area contributed by atoms with Crippen LogP contribution >= 0.6 is 0 Å². The number of hydrogen-bond donors (Lipinski definition) is 1. The number of alkyl halides is 3. The first kappa shape index (κ1) is 13.2. The van der Waals surface area contributed by atoms with Gasteiger partial charge in [0.05, 0.1) is 0 Å². The number of amides is 1. The second-order valence-electron chi connectivity index (χ2n) is 2.72. The molecule has 0 unspecified atom stereocenters. The predicted molar refractivity (Wildman–Crippen MR) is 44.8 cm³/mol. The van der Waals surface area contributed by atoms with Crippen LogP contribution in [0.4, 0.5) is 13.2 Å². The lowest BCUT2D eigenvalue weighted by Gasteiger charge is -2.07. The maximum atomic E-state index is 11.6. The fourth-order valence-corrected chi connectivity index (χ4v) is 0.723. The molecule has 0 heterocycles. The van der Waals surface area contributed by atoms with E-state index in [9.17, 15) is 18.0 Å². The summed E-state index contributed by atoms with van der Waals surface area (Å²) in [5, 5.41) is 1.76. The Balaban J connectivity index is 3.33. The summed E-state index contributed by atoms with van der Waals surface area (Å²) in [5.74, 6) is -1.90. The van der Waals surface area contributed by atoms with E-state index in [0.29, 0.717) is 19.6 Å². The van der Waals surface area contributed by atoms with Gasteiger partial charge in [-0.15, -0.1) is 0 Å². The van der Waals surface area contributed by atoms with Crippen LogP contribution < -0.4 is 5.32 Å². The SMILES string of the molecule is CCCOCCCNC(=O)C(F)(F)F. The Hall–Kier alpha value is -0.780. The van der Waals surface area contributed by atoms with Gasteiger partial charge in [-0.2, -0.15) is 13.2 Å². The largest absolute Gasteiger partial charge is 0.471 e. The van der Waals surface area contributed by atoms with E-state index < -0.39 is 12.1 Å². The molecule has 84 valence electrons. The Morgan fingerprint density at radius 3 is 2.50 bits per heavy atom. The van der Waals surface area contributed by atoms with Gasteiger partial charge in [0.15, 0.2) is 0 Å². The van der Waals surface area contributed by atoms with E-state index in [1.54, 1.807) is 5.32 Å². The van der Waals surface area contributed by atoms with E-state index in [4.69, 9.17) is 4.74 Å². The molecule has 0 aromatic rings. The monoisotopic (exact) mass is 213 g/mol. The Morgan fingerprint density at radius 1 is 1.36 bits per heavy atom. The van der Waals surface area contributed by atoms with Gasteiger partial charge in [-0.1, -0.05) is 6.92 Å². The van der Waals surface area contributed by atoms with Crippen molar-refractivity contribution in [1.82, 2.24) is 5.32 Å². The summed E-state index contributed by atoms with van der Waals surface area (Å²) >= 11 is 0. The van der Waals surface area contributed by atoms with Gasteiger partial charge in [-0.3, -0.25) is 4.79 Å². The molecule has 0 spiro atoms. The van der Waals surface area contributed by atoms with E-state index in [0.717, 1.165) is 6.42 Å². The molecule has 0 saturated heterocycles. The van der Waals surface area contributed by atoms with Crippen LogP contribution in [0.3, 0.4) is 0 Å². The van der Waals surface area contributed by atoms with E-state index in [1.807, 2.05) is 6.92 Å². The minimum absolute atomic E-state index is 0.0118. The van der Waals surface area contributed by atoms with Gasteiger partial charge in [0.25, 0.3) is 0 Å². The zero-order valence-electron chi connectivity index (χ0n) is 7.99.